The number of anilines is 1. The summed E-state index contributed by atoms with van der Waals surface area (Å²) in [5.74, 6) is 0. The number of hydrogen-bond acceptors (Lipinski definition) is 4. The van der Waals surface area contributed by atoms with Gasteiger partial charge in [0.05, 0.1) is 18.6 Å². The Balaban J connectivity index is 2.30. The number of rotatable bonds is 5. The van der Waals surface area contributed by atoms with E-state index in [0.29, 0.717) is 0 Å². The zero-order chi connectivity index (χ0) is 12.1. The molecule has 2 rings (SSSR count). The number of nitrogens with one attached hydrogen (secondary N) is 1. The molecular formula is C13H17N3O. The van der Waals surface area contributed by atoms with Crippen LogP contribution in [0.25, 0.3) is 0 Å². The number of aromatic nitrogens is 1. The highest BCUT2D eigenvalue weighted by atomic mass is 16.3. The molecule has 0 aliphatic carbocycles. The predicted octanol–water partition coefficient (Wildman–Crippen LogP) is 2.35. The largest absolute Gasteiger partial charge is 0.472 e. The van der Waals surface area contributed by atoms with Crippen LogP contribution >= 0.6 is 0 Å². The van der Waals surface area contributed by atoms with Crippen LogP contribution in [-0.2, 0) is 0 Å². The third-order valence-corrected chi connectivity index (χ3v) is 2.67. The molecule has 1 atom stereocenters. The summed E-state index contributed by atoms with van der Waals surface area (Å²) in [4.78, 5) is 4.13. The summed E-state index contributed by atoms with van der Waals surface area (Å²) in [5, 5.41) is 3.45. The van der Waals surface area contributed by atoms with Gasteiger partial charge in [0.25, 0.3) is 0 Å². The van der Waals surface area contributed by atoms with E-state index in [-0.39, 0.29) is 6.04 Å². The Kier molecular flexibility index (Phi) is 3.77. The lowest BCUT2D eigenvalue weighted by Gasteiger charge is -2.18. The fourth-order valence-electron chi connectivity index (χ4n) is 1.79. The van der Waals surface area contributed by atoms with Crippen molar-refractivity contribution in [3.63, 3.8) is 0 Å². The molecule has 3 N–H and O–H groups in total. The van der Waals surface area contributed by atoms with Crippen LogP contribution in [0.4, 0.5) is 5.69 Å². The number of hydrogen-bond donors (Lipinski definition) is 2. The second kappa shape index (κ2) is 5.50. The zero-order valence-corrected chi connectivity index (χ0v) is 9.89. The molecule has 4 heteroatoms. The SMILES string of the molecule is CCCNC(c1ccoc1)c1cnccc1N. The Morgan fingerprint density at radius 2 is 2.35 bits per heavy atom. The number of pyridine rings is 1. The van der Waals surface area contributed by atoms with Gasteiger partial charge in [0.15, 0.2) is 0 Å². The first-order valence-corrected chi connectivity index (χ1v) is 5.77. The normalized spacial score (nSPS) is 12.5. The van der Waals surface area contributed by atoms with Crippen LogP contribution in [0.1, 0.15) is 30.5 Å². The molecule has 4 nitrogen and oxygen atoms in total. The quantitative estimate of drug-likeness (QED) is 0.829. The third kappa shape index (κ3) is 2.65. The molecule has 0 saturated heterocycles. The third-order valence-electron chi connectivity index (χ3n) is 2.67. The minimum atomic E-state index is 0.0439. The fourth-order valence-corrected chi connectivity index (χ4v) is 1.79. The molecule has 2 heterocycles. The van der Waals surface area contributed by atoms with Gasteiger partial charge in [0.2, 0.25) is 0 Å². The molecule has 0 spiro atoms. The Labute approximate surface area is 101 Å². The average molecular weight is 231 g/mol. The highest BCUT2D eigenvalue weighted by molar-refractivity contribution is 5.49. The molecule has 0 aromatic carbocycles. The second-order valence-corrected chi connectivity index (χ2v) is 3.95. The second-order valence-electron chi connectivity index (χ2n) is 3.95. The summed E-state index contributed by atoms with van der Waals surface area (Å²) in [6.45, 7) is 3.05. The zero-order valence-electron chi connectivity index (χ0n) is 9.89. The molecule has 90 valence electrons. The van der Waals surface area contributed by atoms with Crippen LogP contribution in [-0.4, -0.2) is 11.5 Å². The van der Waals surface area contributed by atoms with Gasteiger partial charge in [0, 0.05) is 29.2 Å². The maximum Gasteiger partial charge on any atom is 0.0953 e. The molecule has 0 bridgehead atoms. The van der Waals surface area contributed by atoms with E-state index in [4.69, 9.17) is 10.2 Å². The smallest absolute Gasteiger partial charge is 0.0953 e. The van der Waals surface area contributed by atoms with Crippen molar-refractivity contribution >= 4 is 5.69 Å². The average Bonchev–Trinajstić information content (AvgIpc) is 2.85. The predicted molar refractivity (Wildman–Crippen MR) is 67.5 cm³/mol. The van der Waals surface area contributed by atoms with Crippen molar-refractivity contribution in [2.24, 2.45) is 0 Å². The van der Waals surface area contributed by atoms with Crippen LogP contribution in [0.15, 0.2) is 41.5 Å². The summed E-state index contributed by atoms with van der Waals surface area (Å²) in [7, 11) is 0. The van der Waals surface area contributed by atoms with E-state index < -0.39 is 0 Å². The topological polar surface area (TPSA) is 64.1 Å². The van der Waals surface area contributed by atoms with Crippen LogP contribution in [0.3, 0.4) is 0 Å². The van der Waals surface area contributed by atoms with E-state index in [0.717, 1.165) is 29.8 Å². The lowest BCUT2D eigenvalue weighted by atomic mass is 10.0. The van der Waals surface area contributed by atoms with Crippen molar-refractivity contribution in [3.8, 4) is 0 Å². The molecule has 2 aromatic heterocycles. The van der Waals surface area contributed by atoms with Crippen molar-refractivity contribution in [3.05, 3.63) is 48.2 Å². The first-order chi connectivity index (χ1) is 8.33. The van der Waals surface area contributed by atoms with E-state index in [2.05, 4.69) is 17.2 Å². The van der Waals surface area contributed by atoms with E-state index in [9.17, 15) is 0 Å². The molecule has 17 heavy (non-hydrogen) atoms. The molecule has 1 unspecified atom stereocenters. The fraction of sp³-hybridized carbons (Fsp3) is 0.308. The van der Waals surface area contributed by atoms with Crippen molar-refractivity contribution in [1.29, 1.82) is 0 Å². The molecular weight excluding hydrogens is 214 g/mol. The van der Waals surface area contributed by atoms with Crippen LogP contribution in [0, 0.1) is 0 Å². The summed E-state index contributed by atoms with van der Waals surface area (Å²) in [5.41, 5.74) is 8.79. The van der Waals surface area contributed by atoms with Gasteiger partial charge < -0.3 is 15.5 Å². The molecule has 0 amide bonds. The lowest BCUT2D eigenvalue weighted by molar-refractivity contribution is 0.548. The van der Waals surface area contributed by atoms with Gasteiger partial charge in [0.1, 0.15) is 0 Å². The molecule has 0 aliphatic rings. The maximum absolute atomic E-state index is 5.99. The minimum absolute atomic E-state index is 0.0439. The van der Waals surface area contributed by atoms with Crippen LogP contribution in [0.2, 0.25) is 0 Å². The Hall–Kier alpha value is -1.81. The van der Waals surface area contributed by atoms with Crippen molar-refractivity contribution < 1.29 is 4.42 Å². The summed E-state index contributed by atoms with van der Waals surface area (Å²) in [6, 6.07) is 3.80. The minimum Gasteiger partial charge on any atom is -0.472 e. The van der Waals surface area contributed by atoms with Crippen LogP contribution in [0.5, 0.6) is 0 Å². The van der Waals surface area contributed by atoms with Gasteiger partial charge in [-0.1, -0.05) is 6.92 Å². The van der Waals surface area contributed by atoms with Crippen molar-refractivity contribution in [2.75, 3.05) is 12.3 Å². The van der Waals surface area contributed by atoms with E-state index in [1.54, 1.807) is 24.9 Å². The van der Waals surface area contributed by atoms with Crippen molar-refractivity contribution in [2.45, 2.75) is 19.4 Å². The standard InChI is InChI=1S/C13H17N3O/c1-2-5-16-13(10-4-7-17-9-10)11-8-15-6-3-12(11)14/h3-4,6-9,13,16H,2,5H2,1H3,(H2,14,15). The highest BCUT2D eigenvalue weighted by Crippen LogP contribution is 2.26. The monoisotopic (exact) mass is 231 g/mol. The molecule has 0 radical (unpaired) electrons. The lowest BCUT2D eigenvalue weighted by Crippen LogP contribution is -2.23. The van der Waals surface area contributed by atoms with Gasteiger partial charge in [-0.3, -0.25) is 4.98 Å². The van der Waals surface area contributed by atoms with Gasteiger partial charge >= 0.3 is 0 Å². The first-order valence-electron chi connectivity index (χ1n) is 5.77. The van der Waals surface area contributed by atoms with Crippen molar-refractivity contribution in [1.82, 2.24) is 10.3 Å². The van der Waals surface area contributed by atoms with E-state index in [1.165, 1.54) is 0 Å². The van der Waals surface area contributed by atoms with E-state index >= 15 is 0 Å². The van der Waals surface area contributed by atoms with E-state index in [1.807, 2.05) is 12.1 Å². The Morgan fingerprint density at radius 3 is 3.00 bits per heavy atom. The van der Waals surface area contributed by atoms with Crippen LogP contribution < -0.4 is 11.1 Å². The summed E-state index contributed by atoms with van der Waals surface area (Å²) in [6.07, 6.45) is 7.97. The van der Waals surface area contributed by atoms with Gasteiger partial charge in [-0.25, -0.2) is 0 Å². The Bertz CT molecular complexity index is 453. The van der Waals surface area contributed by atoms with Gasteiger partial charge in [-0.05, 0) is 25.1 Å². The first kappa shape index (κ1) is 11.7. The highest BCUT2D eigenvalue weighted by Gasteiger charge is 2.16. The molecule has 2 aromatic rings. The summed E-state index contributed by atoms with van der Waals surface area (Å²) < 4.78 is 5.14. The number of nitrogens with two attached hydrogens (primary N) is 1. The Morgan fingerprint density at radius 1 is 1.47 bits per heavy atom. The maximum atomic E-state index is 5.99. The number of furan rings is 1. The number of nitrogen functional groups attached to an aromatic ring is 1. The molecule has 0 fully saturated rings. The van der Waals surface area contributed by atoms with Gasteiger partial charge in [-0.15, -0.1) is 0 Å². The summed E-state index contributed by atoms with van der Waals surface area (Å²) >= 11 is 0. The van der Waals surface area contributed by atoms with Gasteiger partial charge in [-0.2, -0.15) is 0 Å². The number of nitrogens with zero attached hydrogens (tertiary/aromatic N) is 1. The molecule has 0 saturated carbocycles. The molecule has 0 aliphatic heterocycles.